The largest absolute Gasteiger partial charge is 0.497 e. The van der Waals surface area contributed by atoms with Crippen molar-refractivity contribution in [3.8, 4) is 29.1 Å². The van der Waals surface area contributed by atoms with Crippen molar-refractivity contribution in [1.29, 1.82) is 5.26 Å². The number of nitrogens with one attached hydrogen (secondary N) is 1. The lowest BCUT2D eigenvalue weighted by molar-refractivity contribution is 0.106. The van der Waals surface area contributed by atoms with Crippen LogP contribution in [0.3, 0.4) is 0 Å². The van der Waals surface area contributed by atoms with Crippen molar-refractivity contribution in [1.82, 2.24) is 14.5 Å². The van der Waals surface area contributed by atoms with E-state index in [4.69, 9.17) is 14.7 Å². The van der Waals surface area contributed by atoms with Crippen molar-refractivity contribution in [2.24, 2.45) is 0 Å². The molecule has 0 amide bonds. The van der Waals surface area contributed by atoms with E-state index in [-0.39, 0.29) is 31.3 Å². The van der Waals surface area contributed by atoms with Crippen molar-refractivity contribution in [2.75, 3.05) is 26.8 Å². The predicted octanol–water partition coefficient (Wildman–Crippen LogP) is 1.56. The summed E-state index contributed by atoms with van der Waals surface area (Å²) in [5, 5.41) is 32.7. The average molecular weight is 438 g/mol. The number of ether oxygens (including phenoxy) is 2. The lowest BCUT2D eigenvalue weighted by Crippen LogP contribution is -2.34. The van der Waals surface area contributed by atoms with Gasteiger partial charge < -0.3 is 25.0 Å². The first kappa shape index (κ1) is 22.9. The minimum absolute atomic E-state index is 0.0177. The monoisotopic (exact) mass is 438 g/mol. The molecule has 9 nitrogen and oxygen atoms in total. The number of aliphatic hydroxyl groups is 1. The Morgan fingerprint density at radius 3 is 2.59 bits per heavy atom. The third-order valence-corrected chi connectivity index (χ3v) is 5.00. The second-order valence-corrected chi connectivity index (χ2v) is 7.15. The van der Waals surface area contributed by atoms with Crippen LogP contribution >= 0.6 is 0 Å². The third-order valence-electron chi connectivity index (χ3n) is 5.00. The fourth-order valence-corrected chi connectivity index (χ4v) is 3.28. The van der Waals surface area contributed by atoms with Crippen LogP contribution in [0.2, 0.25) is 0 Å². The van der Waals surface area contributed by atoms with Gasteiger partial charge in [-0.25, -0.2) is 4.79 Å². The van der Waals surface area contributed by atoms with E-state index in [1.807, 2.05) is 6.07 Å². The van der Waals surface area contributed by atoms with Gasteiger partial charge in [0.2, 0.25) is 5.88 Å². The van der Waals surface area contributed by atoms with Gasteiger partial charge in [0.25, 0.3) is 0 Å². The zero-order valence-electron chi connectivity index (χ0n) is 18.0. The zero-order chi connectivity index (χ0) is 23.1. The molecule has 3 rings (SSSR count). The van der Waals surface area contributed by atoms with Gasteiger partial charge in [0, 0.05) is 19.6 Å². The van der Waals surface area contributed by atoms with Crippen LogP contribution in [0.4, 0.5) is 0 Å². The number of aromatic hydroxyl groups is 1. The van der Waals surface area contributed by atoms with Crippen LogP contribution in [0.15, 0.2) is 53.3 Å². The van der Waals surface area contributed by atoms with Crippen LogP contribution in [0.5, 0.6) is 17.4 Å². The van der Waals surface area contributed by atoms with Gasteiger partial charge in [-0.05, 0) is 43.3 Å². The van der Waals surface area contributed by atoms with E-state index in [2.05, 4.69) is 5.32 Å². The van der Waals surface area contributed by atoms with E-state index in [1.165, 1.54) is 9.13 Å². The van der Waals surface area contributed by atoms with Crippen LogP contribution in [-0.4, -0.2) is 52.3 Å². The van der Waals surface area contributed by atoms with Crippen molar-refractivity contribution < 1.29 is 19.7 Å². The summed E-state index contributed by atoms with van der Waals surface area (Å²) in [5.41, 5.74) is 1.11. The number of methoxy groups -OCH3 is 1. The molecule has 32 heavy (non-hydrogen) atoms. The Morgan fingerprint density at radius 1 is 1.19 bits per heavy atom. The number of aliphatic hydroxyl groups excluding tert-OH is 1. The van der Waals surface area contributed by atoms with Crippen LogP contribution in [0, 0.1) is 18.3 Å². The van der Waals surface area contributed by atoms with Gasteiger partial charge >= 0.3 is 5.69 Å². The first-order chi connectivity index (χ1) is 15.5. The van der Waals surface area contributed by atoms with E-state index in [0.717, 1.165) is 0 Å². The molecule has 3 aromatic rings. The standard InChI is InChI=1S/C23H26N4O5/c1-16-22(29)26(23(30)27(16)18-7-9-20(31-2)10-8-18)12-11-25-14-19(28)15-32-21-6-4-3-5-17(21)13-24/h3-10,19,25,28-29H,11-12,14-15H2,1-2H3. The molecule has 3 N–H and O–H groups in total. The van der Waals surface area contributed by atoms with Gasteiger partial charge in [0.15, 0.2) is 0 Å². The molecule has 0 aliphatic rings. The molecule has 9 heteroatoms. The highest BCUT2D eigenvalue weighted by atomic mass is 16.5. The molecule has 0 aliphatic heterocycles. The number of nitrogens with zero attached hydrogens (tertiary/aromatic N) is 3. The molecule has 0 saturated carbocycles. The zero-order valence-corrected chi connectivity index (χ0v) is 18.0. The fourth-order valence-electron chi connectivity index (χ4n) is 3.28. The Hall–Kier alpha value is -3.74. The number of hydrogen-bond acceptors (Lipinski definition) is 7. The van der Waals surface area contributed by atoms with E-state index >= 15 is 0 Å². The lowest BCUT2D eigenvalue weighted by Gasteiger charge is -2.14. The number of para-hydroxylation sites is 1. The maximum atomic E-state index is 12.8. The molecule has 1 heterocycles. The maximum Gasteiger partial charge on any atom is 0.335 e. The summed E-state index contributed by atoms with van der Waals surface area (Å²) in [4.78, 5) is 12.8. The Kier molecular flexibility index (Phi) is 7.54. The average Bonchev–Trinajstić information content (AvgIpc) is 3.03. The summed E-state index contributed by atoms with van der Waals surface area (Å²) in [7, 11) is 1.57. The molecule has 168 valence electrons. The molecule has 0 saturated heterocycles. The Labute approximate surface area is 185 Å². The highest BCUT2D eigenvalue weighted by molar-refractivity contribution is 5.42. The van der Waals surface area contributed by atoms with Gasteiger partial charge in [-0.15, -0.1) is 0 Å². The quantitative estimate of drug-likeness (QED) is 0.411. The van der Waals surface area contributed by atoms with Crippen molar-refractivity contribution in [3.05, 3.63) is 70.3 Å². The SMILES string of the molecule is COc1ccc(-n2c(C)c(O)n(CCNCC(O)COc3ccccc3C#N)c2=O)cc1. The number of aromatic nitrogens is 2. The van der Waals surface area contributed by atoms with Crippen molar-refractivity contribution in [3.63, 3.8) is 0 Å². The molecule has 2 aromatic carbocycles. The Balaban J connectivity index is 1.55. The van der Waals surface area contributed by atoms with E-state index in [1.54, 1.807) is 62.6 Å². The lowest BCUT2D eigenvalue weighted by atomic mass is 10.2. The van der Waals surface area contributed by atoms with Crippen LogP contribution in [0.25, 0.3) is 5.69 Å². The summed E-state index contributed by atoms with van der Waals surface area (Å²) in [5.74, 6) is 0.983. The smallest absolute Gasteiger partial charge is 0.335 e. The van der Waals surface area contributed by atoms with Crippen molar-refractivity contribution >= 4 is 0 Å². The molecule has 1 atom stereocenters. The van der Waals surface area contributed by atoms with Gasteiger partial charge in [-0.2, -0.15) is 5.26 Å². The second-order valence-electron chi connectivity index (χ2n) is 7.15. The fraction of sp³-hybridized carbons (Fsp3) is 0.304. The highest BCUT2D eigenvalue weighted by Crippen LogP contribution is 2.20. The van der Waals surface area contributed by atoms with Crippen molar-refractivity contribution in [2.45, 2.75) is 19.6 Å². The molecule has 0 aliphatic carbocycles. The Morgan fingerprint density at radius 2 is 1.91 bits per heavy atom. The second kappa shape index (κ2) is 10.5. The third kappa shape index (κ3) is 5.11. The number of rotatable bonds is 10. The number of hydrogen-bond donors (Lipinski definition) is 3. The summed E-state index contributed by atoms with van der Waals surface area (Å²) in [6.07, 6.45) is -0.808. The summed E-state index contributed by atoms with van der Waals surface area (Å²) < 4.78 is 13.4. The minimum atomic E-state index is -0.808. The van der Waals surface area contributed by atoms with E-state index in [0.29, 0.717) is 35.0 Å². The molecule has 0 radical (unpaired) electrons. The normalized spacial score (nSPS) is 11.7. The van der Waals surface area contributed by atoms with E-state index < -0.39 is 6.10 Å². The Bertz CT molecular complexity index is 1140. The van der Waals surface area contributed by atoms with Crippen LogP contribution < -0.4 is 20.5 Å². The summed E-state index contributed by atoms with van der Waals surface area (Å²) >= 11 is 0. The van der Waals surface area contributed by atoms with Gasteiger partial charge in [-0.1, -0.05) is 12.1 Å². The molecule has 1 aromatic heterocycles. The minimum Gasteiger partial charge on any atom is -0.497 e. The van der Waals surface area contributed by atoms with Crippen LogP contribution in [-0.2, 0) is 6.54 Å². The molecule has 0 bridgehead atoms. The first-order valence-electron chi connectivity index (χ1n) is 10.1. The molecular formula is C23H26N4O5. The number of benzene rings is 2. The summed E-state index contributed by atoms with van der Waals surface area (Å²) in [6.45, 7) is 2.49. The van der Waals surface area contributed by atoms with Gasteiger partial charge in [-0.3, -0.25) is 9.13 Å². The van der Waals surface area contributed by atoms with Crippen LogP contribution in [0.1, 0.15) is 11.3 Å². The molecule has 1 unspecified atom stereocenters. The van der Waals surface area contributed by atoms with Gasteiger partial charge in [0.1, 0.15) is 30.3 Å². The first-order valence-corrected chi connectivity index (χ1v) is 10.1. The number of nitriles is 1. The molecular weight excluding hydrogens is 412 g/mol. The maximum absolute atomic E-state index is 12.8. The molecule has 0 spiro atoms. The van der Waals surface area contributed by atoms with Gasteiger partial charge in [0.05, 0.1) is 24.1 Å². The topological polar surface area (TPSA) is 122 Å². The molecule has 0 fully saturated rings. The summed E-state index contributed by atoms with van der Waals surface area (Å²) in [6, 6.07) is 15.8. The van der Waals surface area contributed by atoms with E-state index in [9.17, 15) is 15.0 Å². The number of imidazole rings is 1. The highest BCUT2D eigenvalue weighted by Gasteiger charge is 2.17. The predicted molar refractivity (Wildman–Crippen MR) is 119 cm³/mol.